The van der Waals surface area contributed by atoms with Crippen LogP contribution in [0.4, 0.5) is 18.9 Å². The maximum absolute atomic E-state index is 12.8. The van der Waals surface area contributed by atoms with E-state index in [1.807, 2.05) is 0 Å². The van der Waals surface area contributed by atoms with Crippen LogP contribution < -0.4 is 15.0 Å². The monoisotopic (exact) mass is 490 g/mol. The Kier molecular flexibility index (Phi) is 6.70. The summed E-state index contributed by atoms with van der Waals surface area (Å²) in [5, 5.41) is 1.78. The number of carbonyl (C=O) groups is 2. The van der Waals surface area contributed by atoms with Crippen molar-refractivity contribution in [2.45, 2.75) is 23.2 Å². The van der Waals surface area contributed by atoms with Gasteiger partial charge in [-0.3, -0.25) is 14.5 Å². The van der Waals surface area contributed by atoms with E-state index in [1.54, 1.807) is 35.6 Å². The van der Waals surface area contributed by atoms with Crippen LogP contribution in [0.3, 0.4) is 0 Å². The van der Waals surface area contributed by atoms with E-state index in [0.29, 0.717) is 5.56 Å². The van der Waals surface area contributed by atoms with E-state index in [0.717, 1.165) is 11.2 Å². The van der Waals surface area contributed by atoms with Gasteiger partial charge in [0.05, 0.1) is 16.6 Å². The molecular weight excluding hydrogens is 473 g/mol. The zero-order valence-electron chi connectivity index (χ0n) is 16.6. The van der Waals surface area contributed by atoms with Gasteiger partial charge >= 0.3 is 12.1 Å². The molecule has 2 aromatic rings. The lowest BCUT2D eigenvalue weighted by molar-refractivity contribution is -0.173. The van der Waals surface area contributed by atoms with Crippen LogP contribution in [-0.4, -0.2) is 51.1 Å². The van der Waals surface area contributed by atoms with Crippen molar-refractivity contribution in [2.24, 2.45) is 0 Å². The average Bonchev–Trinajstić information content (AvgIpc) is 2.74. The minimum Gasteiger partial charge on any atom is -0.481 e. The highest BCUT2D eigenvalue weighted by molar-refractivity contribution is 7.90. The maximum atomic E-state index is 12.8. The smallest absolute Gasteiger partial charge is 0.471 e. The molecule has 2 unspecified atom stereocenters. The lowest BCUT2D eigenvalue weighted by Gasteiger charge is -2.42. The predicted molar refractivity (Wildman–Crippen MR) is 110 cm³/mol. The van der Waals surface area contributed by atoms with Gasteiger partial charge in [-0.2, -0.15) is 13.2 Å². The number of alkyl halides is 4. The molecule has 1 aliphatic heterocycles. The van der Waals surface area contributed by atoms with E-state index in [9.17, 15) is 31.2 Å². The second kappa shape index (κ2) is 8.99. The topological polar surface area (TPSA) is 92.8 Å². The highest BCUT2D eigenvalue weighted by atomic mass is 35.5. The lowest BCUT2D eigenvalue weighted by Crippen LogP contribution is -2.55. The van der Waals surface area contributed by atoms with Crippen molar-refractivity contribution in [3.63, 3.8) is 0 Å². The molecule has 0 bridgehead atoms. The summed E-state index contributed by atoms with van der Waals surface area (Å²) in [5.74, 6) is -3.27. The van der Waals surface area contributed by atoms with Crippen molar-refractivity contribution < 1.29 is 35.9 Å². The highest BCUT2D eigenvalue weighted by Gasteiger charge is 2.43. The molecule has 0 fully saturated rings. The van der Waals surface area contributed by atoms with Crippen molar-refractivity contribution in [3.05, 3.63) is 54.1 Å². The number of benzene rings is 2. The molecule has 172 valence electrons. The van der Waals surface area contributed by atoms with Gasteiger partial charge in [-0.1, -0.05) is 30.3 Å². The Morgan fingerprint density at radius 3 is 2.38 bits per heavy atom. The summed E-state index contributed by atoms with van der Waals surface area (Å²) in [6, 6.07) is 11.1. The molecule has 2 atom stereocenters. The van der Waals surface area contributed by atoms with Gasteiger partial charge in [0.15, 0.2) is 9.84 Å². The third-order valence-electron chi connectivity index (χ3n) is 4.79. The Morgan fingerprint density at radius 2 is 1.81 bits per heavy atom. The van der Waals surface area contributed by atoms with Crippen molar-refractivity contribution in [3.8, 4) is 5.75 Å². The first-order valence-corrected chi connectivity index (χ1v) is 11.6. The van der Waals surface area contributed by atoms with Crippen LogP contribution in [0, 0.1) is 0 Å². The predicted octanol–water partition coefficient (Wildman–Crippen LogP) is 2.84. The van der Waals surface area contributed by atoms with Crippen LogP contribution in [0.1, 0.15) is 11.7 Å². The first-order valence-electron chi connectivity index (χ1n) is 9.22. The van der Waals surface area contributed by atoms with E-state index in [-0.39, 0.29) is 16.3 Å². The first kappa shape index (κ1) is 23.9. The molecule has 0 aromatic heterocycles. The van der Waals surface area contributed by atoms with Gasteiger partial charge in [0, 0.05) is 12.8 Å². The number of halogens is 4. The summed E-state index contributed by atoms with van der Waals surface area (Å²) in [5.41, 5.74) is 0.556. The van der Waals surface area contributed by atoms with E-state index >= 15 is 0 Å². The molecule has 32 heavy (non-hydrogen) atoms. The van der Waals surface area contributed by atoms with Gasteiger partial charge in [0.25, 0.3) is 0 Å². The molecule has 0 spiro atoms. The molecule has 0 radical (unpaired) electrons. The molecule has 12 heteroatoms. The summed E-state index contributed by atoms with van der Waals surface area (Å²) >= 11 is 5.76. The van der Waals surface area contributed by atoms with Crippen LogP contribution in [-0.2, 0) is 19.4 Å². The number of hydrogen-bond donors (Lipinski definition) is 1. The fourth-order valence-corrected chi connectivity index (χ4v) is 4.13. The van der Waals surface area contributed by atoms with E-state index < -0.39 is 52.4 Å². The molecular formula is C20H18ClF3N2O5S. The second-order valence-corrected chi connectivity index (χ2v) is 9.31. The molecule has 1 aliphatic rings. The standard InChI is InChI=1S/C20H18ClF3N2O5S/c1-32(29,30)13-7-8-16-14(9-13)26(17(27)10-21)15(11-25-19(28)20(22,23)24)18(31-16)12-5-3-2-4-6-12/h2-9,15,18H,10-11H2,1H3,(H,25,28). The van der Waals surface area contributed by atoms with Gasteiger partial charge in [-0.15, -0.1) is 11.6 Å². The molecule has 1 N–H and O–H groups in total. The SMILES string of the molecule is CS(=O)(=O)c1ccc2c(c1)N(C(=O)CCl)C(CNC(=O)C(F)(F)F)C(c1ccccc1)O2. The van der Waals surface area contributed by atoms with Gasteiger partial charge in [-0.05, 0) is 23.8 Å². The Balaban J connectivity index is 2.13. The molecule has 0 saturated carbocycles. The minimum atomic E-state index is -5.12. The Morgan fingerprint density at radius 1 is 1.16 bits per heavy atom. The fourth-order valence-electron chi connectivity index (χ4n) is 3.36. The minimum absolute atomic E-state index is 0.0250. The number of sulfone groups is 1. The molecule has 0 aliphatic carbocycles. The quantitative estimate of drug-likeness (QED) is 0.651. The number of rotatable bonds is 5. The van der Waals surface area contributed by atoms with Crippen LogP contribution in [0.25, 0.3) is 0 Å². The summed E-state index contributed by atoms with van der Waals surface area (Å²) in [4.78, 5) is 25.2. The molecule has 0 saturated heterocycles. The van der Waals surface area contributed by atoms with Crippen molar-refractivity contribution in [1.29, 1.82) is 0 Å². The molecule has 2 aromatic carbocycles. The van der Waals surface area contributed by atoms with Gasteiger partial charge < -0.3 is 10.1 Å². The van der Waals surface area contributed by atoms with Crippen molar-refractivity contribution >= 4 is 38.9 Å². The number of hydrogen-bond acceptors (Lipinski definition) is 5. The summed E-state index contributed by atoms with van der Waals surface area (Å²) in [6.07, 6.45) is -5.12. The van der Waals surface area contributed by atoms with Crippen LogP contribution in [0.15, 0.2) is 53.4 Å². The van der Waals surface area contributed by atoms with Crippen LogP contribution >= 0.6 is 11.6 Å². The molecule has 2 amide bonds. The number of carbonyl (C=O) groups excluding carboxylic acids is 2. The van der Waals surface area contributed by atoms with Crippen molar-refractivity contribution in [1.82, 2.24) is 5.32 Å². The average molecular weight is 491 g/mol. The second-order valence-electron chi connectivity index (χ2n) is 7.02. The zero-order valence-corrected chi connectivity index (χ0v) is 18.2. The Hall–Kier alpha value is -2.79. The largest absolute Gasteiger partial charge is 0.481 e. The molecule has 3 rings (SSSR count). The van der Waals surface area contributed by atoms with E-state index in [1.165, 1.54) is 18.2 Å². The normalized spacial score (nSPS) is 18.5. The maximum Gasteiger partial charge on any atom is 0.471 e. The van der Waals surface area contributed by atoms with Crippen LogP contribution in [0.2, 0.25) is 0 Å². The lowest BCUT2D eigenvalue weighted by atomic mass is 9.97. The number of nitrogens with zero attached hydrogens (tertiary/aromatic N) is 1. The van der Waals surface area contributed by atoms with Gasteiger partial charge in [0.2, 0.25) is 5.91 Å². The van der Waals surface area contributed by atoms with Gasteiger partial charge in [-0.25, -0.2) is 8.42 Å². The summed E-state index contributed by atoms with van der Waals surface area (Å²) < 4.78 is 68.3. The first-order chi connectivity index (χ1) is 14.9. The highest BCUT2D eigenvalue weighted by Crippen LogP contribution is 2.43. The van der Waals surface area contributed by atoms with E-state index in [2.05, 4.69) is 0 Å². The zero-order chi connectivity index (χ0) is 23.7. The number of nitrogens with one attached hydrogen (secondary N) is 1. The third kappa shape index (κ3) is 4.99. The fraction of sp³-hybridized carbons (Fsp3) is 0.300. The van der Waals surface area contributed by atoms with Crippen LogP contribution in [0.5, 0.6) is 5.75 Å². The molecule has 7 nitrogen and oxygen atoms in total. The number of anilines is 1. The number of ether oxygens (including phenoxy) is 1. The number of fused-ring (bicyclic) bond motifs is 1. The van der Waals surface area contributed by atoms with Crippen molar-refractivity contribution in [2.75, 3.05) is 23.6 Å². The van der Waals surface area contributed by atoms with Gasteiger partial charge in [0.1, 0.15) is 17.7 Å². The summed E-state index contributed by atoms with van der Waals surface area (Å²) in [7, 11) is -3.67. The Bertz CT molecular complexity index is 1130. The summed E-state index contributed by atoms with van der Waals surface area (Å²) in [6.45, 7) is -0.622. The molecule has 1 heterocycles. The Labute approximate surface area is 187 Å². The van der Waals surface area contributed by atoms with E-state index in [4.69, 9.17) is 16.3 Å². The number of amides is 2. The third-order valence-corrected chi connectivity index (χ3v) is 6.13.